The zero-order chi connectivity index (χ0) is 15.4. The minimum atomic E-state index is -4.31. The normalized spacial score (nSPS) is 19.9. The first-order valence-corrected chi connectivity index (χ1v) is 9.58. The number of hydrogen-bond donors (Lipinski definition) is 0. The Morgan fingerprint density at radius 2 is 0.783 bits per heavy atom. The van der Waals surface area contributed by atoms with E-state index in [0.717, 1.165) is 5.30 Å². The number of hydrogen-bond acceptors (Lipinski definition) is 4. The first-order chi connectivity index (χ1) is 11.3. The van der Waals surface area contributed by atoms with Crippen LogP contribution in [0.1, 0.15) is 0 Å². The van der Waals surface area contributed by atoms with E-state index in [9.17, 15) is 0 Å². The summed E-state index contributed by atoms with van der Waals surface area (Å²) in [6.07, 6.45) is 0. The molecule has 0 aliphatic carbocycles. The molecule has 0 bridgehead atoms. The summed E-state index contributed by atoms with van der Waals surface area (Å²) in [6.45, 7) is 0. The fourth-order valence-electron chi connectivity index (χ4n) is 3.07. The van der Waals surface area contributed by atoms with Crippen molar-refractivity contribution in [2.24, 2.45) is 0 Å². The fraction of sp³-hybridized carbons (Fsp3) is 0. The summed E-state index contributed by atoms with van der Waals surface area (Å²) < 4.78 is 25.2. The molecular formula is C18H14O4P-. The molecule has 0 radical (unpaired) electrons. The number of para-hydroxylation sites is 4. The van der Waals surface area contributed by atoms with Crippen LogP contribution in [-0.4, -0.2) is 0 Å². The Labute approximate surface area is 133 Å². The average Bonchev–Trinajstić information content (AvgIpc) is 3.11. The fourth-order valence-corrected chi connectivity index (χ4v) is 6.72. The summed E-state index contributed by atoms with van der Waals surface area (Å²) >= 11 is 0. The van der Waals surface area contributed by atoms with E-state index in [1.165, 1.54) is 0 Å². The molecule has 0 N–H and O–H groups in total. The van der Waals surface area contributed by atoms with Gasteiger partial charge in [-0.3, -0.25) is 0 Å². The van der Waals surface area contributed by atoms with Crippen molar-refractivity contribution in [1.82, 2.24) is 0 Å². The van der Waals surface area contributed by atoms with Crippen LogP contribution in [0.25, 0.3) is 0 Å². The molecule has 0 amide bonds. The summed E-state index contributed by atoms with van der Waals surface area (Å²) in [6, 6.07) is 24.7. The quantitative estimate of drug-likeness (QED) is 0.628. The van der Waals surface area contributed by atoms with Crippen LogP contribution in [-0.2, 0) is 0 Å². The van der Waals surface area contributed by atoms with Gasteiger partial charge in [0.1, 0.15) is 0 Å². The third kappa shape index (κ3) is 1.64. The third-order valence-electron chi connectivity index (χ3n) is 4.09. The van der Waals surface area contributed by atoms with Gasteiger partial charge in [-0.25, -0.2) is 0 Å². The van der Waals surface area contributed by atoms with Crippen molar-refractivity contribution in [3.63, 3.8) is 0 Å². The minimum absolute atomic E-state index is 0.637. The molecule has 116 valence electrons. The van der Waals surface area contributed by atoms with Gasteiger partial charge >= 0.3 is 133 Å². The van der Waals surface area contributed by atoms with Gasteiger partial charge in [-0.2, -0.15) is 0 Å². The second-order valence-electron chi connectivity index (χ2n) is 5.58. The van der Waals surface area contributed by atoms with Crippen LogP contribution >= 0.6 is 7.51 Å². The molecule has 3 aromatic carbocycles. The predicted octanol–water partition coefficient (Wildman–Crippen LogP) is 4.20. The number of benzene rings is 3. The first kappa shape index (κ1) is 12.8. The van der Waals surface area contributed by atoms with Crippen LogP contribution in [0.15, 0.2) is 78.9 Å². The Balaban J connectivity index is 1.75. The molecule has 3 aromatic rings. The van der Waals surface area contributed by atoms with Gasteiger partial charge in [-0.1, -0.05) is 0 Å². The topological polar surface area (TPSA) is 36.9 Å². The van der Waals surface area contributed by atoms with Gasteiger partial charge in [0.2, 0.25) is 0 Å². The Hall–Kier alpha value is -2.71. The molecule has 23 heavy (non-hydrogen) atoms. The van der Waals surface area contributed by atoms with Crippen molar-refractivity contribution in [3.8, 4) is 23.0 Å². The van der Waals surface area contributed by atoms with Crippen LogP contribution in [0.2, 0.25) is 0 Å². The van der Waals surface area contributed by atoms with Crippen molar-refractivity contribution < 1.29 is 18.1 Å². The first-order valence-electron chi connectivity index (χ1n) is 7.45. The van der Waals surface area contributed by atoms with E-state index >= 15 is 0 Å². The van der Waals surface area contributed by atoms with Crippen LogP contribution < -0.4 is 23.4 Å². The number of fused-ring (bicyclic) bond motifs is 2. The summed E-state index contributed by atoms with van der Waals surface area (Å²) in [5, 5.41) is 0.778. The summed E-state index contributed by atoms with van der Waals surface area (Å²) in [4.78, 5) is 0. The van der Waals surface area contributed by atoms with Crippen LogP contribution in [0.3, 0.4) is 0 Å². The van der Waals surface area contributed by atoms with Gasteiger partial charge in [0, 0.05) is 0 Å². The van der Waals surface area contributed by atoms with Crippen molar-refractivity contribution in [1.29, 1.82) is 0 Å². The van der Waals surface area contributed by atoms with E-state index in [2.05, 4.69) is 0 Å². The standard InChI is InChI=1S/C18H14O4P/c1-2-8-14(9-3-1)23(19-15-10-4-5-11-16(15)20-23)21-17-12-6-7-13-18(17)22-23/h1-13,23H/q-1. The molecule has 2 aliphatic heterocycles. The van der Waals surface area contributed by atoms with Crippen LogP contribution in [0, 0.1) is 0 Å². The van der Waals surface area contributed by atoms with E-state index in [4.69, 9.17) is 18.1 Å². The second-order valence-corrected chi connectivity index (χ2v) is 8.79. The van der Waals surface area contributed by atoms with E-state index < -0.39 is 7.51 Å². The Kier molecular flexibility index (Phi) is 2.33. The predicted molar refractivity (Wildman–Crippen MR) is 89.8 cm³/mol. The molecule has 0 saturated heterocycles. The van der Waals surface area contributed by atoms with E-state index in [1.54, 1.807) is 0 Å². The monoisotopic (exact) mass is 325 g/mol. The average molecular weight is 325 g/mol. The molecular weight excluding hydrogens is 311 g/mol. The molecule has 5 rings (SSSR count). The van der Waals surface area contributed by atoms with Gasteiger partial charge in [-0.15, -0.1) is 0 Å². The van der Waals surface area contributed by atoms with Gasteiger partial charge < -0.3 is 0 Å². The Morgan fingerprint density at radius 1 is 0.435 bits per heavy atom. The molecule has 0 unspecified atom stereocenters. The van der Waals surface area contributed by atoms with Gasteiger partial charge in [0.05, 0.1) is 0 Å². The summed E-state index contributed by atoms with van der Waals surface area (Å²) in [5.41, 5.74) is 0. The van der Waals surface area contributed by atoms with Crippen LogP contribution in [0.4, 0.5) is 0 Å². The van der Waals surface area contributed by atoms with Crippen LogP contribution in [0.5, 0.6) is 23.0 Å². The van der Waals surface area contributed by atoms with Crippen molar-refractivity contribution in [2.45, 2.75) is 0 Å². The SMILES string of the molecule is c1ccc([PH-]23(Oc4ccccc4O2)Oc2ccccc2O3)cc1. The third-order valence-corrected chi connectivity index (χ3v) is 7.65. The zero-order valence-electron chi connectivity index (χ0n) is 12.1. The summed E-state index contributed by atoms with van der Waals surface area (Å²) in [7, 11) is -4.31. The second kappa shape index (κ2) is 4.18. The van der Waals surface area contributed by atoms with Gasteiger partial charge in [-0.05, 0) is 0 Å². The molecule has 0 atom stereocenters. The Morgan fingerprint density at radius 3 is 1.17 bits per heavy atom. The van der Waals surface area contributed by atoms with Crippen molar-refractivity contribution >= 4 is 12.8 Å². The van der Waals surface area contributed by atoms with E-state index in [-0.39, 0.29) is 0 Å². The molecule has 2 aliphatic rings. The van der Waals surface area contributed by atoms with Gasteiger partial charge in [0.25, 0.3) is 0 Å². The molecule has 0 fully saturated rings. The molecule has 4 nitrogen and oxygen atoms in total. The molecule has 1 spiro atoms. The van der Waals surface area contributed by atoms with Crippen molar-refractivity contribution in [2.75, 3.05) is 0 Å². The zero-order valence-corrected chi connectivity index (χ0v) is 13.1. The summed E-state index contributed by atoms with van der Waals surface area (Å²) in [5.74, 6) is 2.55. The molecule has 0 saturated carbocycles. The molecule has 0 aromatic heterocycles. The maximum atomic E-state index is 6.30. The van der Waals surface area contributed by atoms with Crippen molar-refractivity contribution in [3.05, 3.63) is 78.9 Å². The maximum absolute atomic E-state index is 6.30. The van der Waals surface area contributed by atoms with Gasteiger partial charge in [0.15, 0.2) is 0 Å². The molecule has 2 heterocycles. The number of rotatable bonds is 1. The van der Waals surface area contributed by atoms with E-state index in [0.29, 0.717) is 23.0 Å². The van der Waals surface area contributed by atoms with E-state index in [1.807, 2.05) is 78.9 Å². The Bertz CT molecular complexity index is 797. The molecule has 5 heteroatoms.